The van der Waals surface area contributed by atoms with Crippen molar-refractivity contribution >= 4 is 23.1 Å². The number of para-hydroxylation sites is 2. The van der Waals surface area contributed by atoms with Crippen LogP contribution in [0.1, 0.15) is 44.7 Å². The quantitative estimate of drug-likeness (QED) is 0.614. The monoisotopic (exact) mass is 447 g/mol. The van der Waals surface area contributed by atoms with E-state index in [1.165, 1.54) is 0 Å². The molecule has 2 aromatic rings. The lowest BCUT2D eigenvalue weighted by molar-refractivity contribution is -0.120. The molecule has 1 amide bonds. The SMILES string of the molecule is COCCCNC(=O)CN1c2ccccc2NC2=C(C(=O)CC(C)(C)C2)C1c1ccccc1. The fraction of sp³-hybridized carbons (Fsp3) is 0.407. The number of ether oxygens (including phenoxy) is 1. The Hall–Kier alpha value is -3.12. The second-order valence-electron chi connectivity index (χ2n) is 9.61. The van der Waals surface area contributed by atoms with Crippen molar-refractivity contribution in [2.45, 2.75) is 39.2 Å². The molecule has 6 nitrogen and oxygen atoms in total. The van der Waals surface area contributed by atoms with Gasteiger partial charge in [-0.3, -0.25) is 9.59 Å². The number of carbonyl (C=O) groups is 2. The molecule has 33 heavy (non-hydrogen) atoms. The summed E-state index contributed by atoms with van der Waals surface area (Å²) in [5, 5.41) is 6.58. The minimum absolute atomic E-state index is 0.0746. The first-order valence-electron chi connectivity index (χ1n) is 11.6. The first-order chi connectivity index (χ1) is 15.9. The van der Waals surface area contributed by atoms with Crippen molar-refractivity contribution in [2.24, 2.45) is 5.41 Å². The minimum atomic E-state index is -0.342. The molecule has 0 fully saturated rings. The maximum Gasteiger partial charge on any atom is 0.239 e. The van der Waals surface area contributed by atoms with Gasteiger partial charge < -0.3 is 20.3 Å². The molecule has 1 atom stereocenters. The van der Waals surface area contributed by atoms with E-state index in [2.05, 4.69) is 29.4 Å². The van der Waals surface area contributed by atoms with Crippen molar-refractivity contribution in [3.63, 3.8) is 0 Å². The number of nitrogens with one attached hydrogen (secondary N) is 2. The highest BCUT2D eigenvalue weighted by Crippen LogP contribution is 2.48. The van der Waals surface area contributed by atoms with Gasteiger partial charge >= 0.3 is 0 Å². The maximum atomic E-state index is 13.6. The van der Waals surface area contributed by atoms with E-state index in [9.17, 15) is 9.59 Å². The van der Waals surface area contributed by atoms with E-state index < -0.39 is 0 Å². The topological polar surface area (TPSA) is 70.7 Å². The van der Waals surface area contributed by atoms with Crippen LogP contribution in [0, 0.1) is 5.41 Å². The van der Waals surface area contributed by atoms with Crippen LogP contribution in [0.2, 0.25) is 0 Å². The number of nitrogens with zero attached hydrogens (tertiary/aromatic N) is 1. The van der Waals surface area contributed by atoms with E-state index in [1.807, 2.05) is 54.6 Å². The Morgan fingerprint density at radius 2 is 1.85 bits per heavy atom. The van der Waals surface area contributed by atoms with Gasteiger partial charge in [0.1, 0.15) is 0 Å². The minimum Gasteiger partial charge on any atom is -0.385 e. The van der Waals surface area contributed by atoms with Gasteiger partial charge in [0.25, 0.3) is 0 Å². The first kappa shape index (κ1) is 23.1. The molecule has 1 heterocycles. The predicted molar refractivity (Wildman–Crippen MR) is 131 cm³/mol. The van der Waals surface area contributed by atoms with E-state index in [-0.39, 0.29) is 29.7 Å². The van der Waals surface area contributed by atoms with Crippen LogP contribution in [0.15, 0.2) is 65.9 Å². The normalized spacial score (nSPS) is 19.3. The van der Waals surface area contributed by atoms with Crippen molar-refractivity contribution < 1.29 is 14.3 Å². The van der Waals surface area contributed by atoms with Crippen LogP contribution in [-0.4, -0.2) is 38.5 Å². The van der Waals surface area contributed by atoms with Crippen LogP contribution in [0.3, 0.4) is 0 Å². The second kappa shape index (κ2) is 9.79. The Labute approximate surface area is 196 Å². The van der Waals surface area contributed by atoms with Gasteiger partial charge in [0.15, 0.2) is 5.78 Å². The summed E-state index contributed by atoms with van der Waals surface area (Å²) in [5.41, 5.74) is 4.44. The van der Waals surface area contributed by atoms with Gasteiger partial charge in [0.05, 0.1) is 24.0 Å². The molecule has 0 bridgehead atoms. The molecule has 0 saturated carbocycles. The lowest BCUT2D eigenvalue weighted by atomic mass is 9.73. The largest absolute Gasteiger partial charge is 0.385 e. The van der Waals surface area contributed by atoms with Crippen molar-refractivity contribution in [1.82, 2.24) is 5.32 Å². The molecule has 0 saturated heterocycles. The van der Waals surface area contributed by atoms with Crippen molar-refractivity contribution in [2.75, 3.05) is 37.0 Å². The van der Waals surface area contributed by atoms with Crippen LogP contribution in [-0.2, 0) is 14.3 Å². The number of anilines is 2. The van der Waals surface area contributed by atoms with E-state index in [0.29, 0.717) is 19.6 Å². The maximum absolute atomic E-state index is 13.6. The summed E-state index contributed by atoms with van der Waals surface area (Å²) in [7, 11) is 1.65. The van der Waals surface area contributed by atoms with Gasteiger partial charge in [-0.2, -0.15) is 0 Å². The zero-order valence-electron chi connectivity index (χ0n) is 19.7. The van der Waals surface area contributed by atoms with Crippen LogP contribution in [0.4, 0.5) is 11.4 Å². The molecular weight excluding hydrogens is 414 g/mol. The Balaban J connectivity index is 1.79. The Morgan fingerprint density at radius 1 is 1.12 bits per heavy atom. The number of hydrogen-bond donors (Lipinski definition) is 2. The highest BCUT2D eigenvalue weighted by Gasteiger charge is 2.41. The summed E-state index contributed by atoms with van der Waals surface area (Å²) in [6, 6.07) is 17.7. The van der Waals surface area contributed by atoms with Gasteiger partial charge in [0.2, 0.25) is 5.91 Å². The fourth-order valence-electron chi connectivity index (χ4n) is 4.86. The number of Topliss-reactive ketones (excluding diaryl/α,β-unsaturated/α-hetero) is 1. The van der Waals surface area contributed by atoms with E-state index in [4.69, 9.17) is 4.74 Å². The number of methoxy groups -OCH3 is 1. The third-order valence-corrected chi connectivity index (χ3v) is 6.28. The average molecular weight is 448 g/mol. The fourth-order valence-corrected chi connectivity index (χ4v) is 4.86. The highest BCUT2D eigenvalue weighted by molar-refractivity contribution is 6.01. The van der Waals surface area contributed by atoms with E-state index >= 15 is 0 Å². The molecule has 2 aromatic carbocycles. The number of ketones is 1. The number of carbonyl (C=O) groups excluding carboxylic acids is 2. The predicted octanol–water partition coefficient (Wildman–Crippen LogP) is 4.46. The molecule has 0 aromatic heterocycles. The zero-order valence-corrected chi connectivity index (χ0v) is 19.7. The molecule has 1 aliphatic heterocycles. The number of rotatable bonds is 7. The first-order valence-corrected chi connectivity index (χ1v) is 11.6. The van der Waals surface area contributed by atoms with Crippen LogP contribution in [0.5, 0.6) is 0 Å². The smallest absolute Gasteiger partial charge is 0.239 e. The highest BCUT2D eigenvalue weighted by atomic mass is 16.5. The second-order valence-corrected chi connectivity index (χ2v) is 9.61. The third kappa shape index (κ3) is 5.11. The van der Waals surface area contributed by atoms with Crippen LogP contribution >= 0.6 is 0 Å². The molecule has 4 rings (SSSR count). The summed E-state index contributed by atoms with van der Waals surface area (Å²) >= 11 is 0. The Morgan fingerprint density at radius 3 is 2.61 bits per heavy atom. The van der Waals surface area contributed by atoms with Gasteiger partial charge in [-0.1, -0.05) is 56.3 Å². The number of benzene rings is 2. The molecular formula is C27H33N3O3. The molecule has 2 aliphatic rings. The molecule has 174 valence electrons. The number of fused-ring (bicyclic) bond motifs is 1. The third-order valence-electron chi connectivity index (χ3n) is 6.28. The summed E-state index contributed by atoms with van der Waals surface area (Å²) < 4.78 is 5.09. The van der Waals surface area contributed by atoms with Gasteiger partial charge in [-0.25, -0.2) is 0 Å². The van der Waals surface area contributed by atoms with Crippen molar-refractivity contribution in [1.29, 1.82) is 0 Å². The van der Waals surface area contributed by atoms with Crippen molar-refractivity contribution in [3.05, 3.63) is 71.4 Å². The standard InChI is InChI=1S/C27H33N3O3/c1-27(2)16-21-25(23(31)17-27)26(19-10-5-4-6-11-19)30(18-24(32)28-14-9-15-33-3)22-13-8-7-12-20(22)29-21/h4-8,10-13,26,29H,9,14-18H2,1-3H3,(H,28,32). The van der Waals surface area contributed by atoms with Crippen LogP contribution in [0.25, 0.3) is 0 Å². The molecule has 1 aliphatic carbocycles. The Bertz CT molecular complexity index is 1050. The summed E-state index contributed by atoms with van der Waals surface area (Å²) in [6.07, 6.45) is 2.03. The number of allylic oxidation sites excluding steroid dienone is 1. The zero-order chi connectivity index (χ0) is 23.4. The number of amides is 1. The molecule has 1 unspecified atom stereocenters. The summed E-state index contributed by atoms with van der Waals surface area (Å²) in [5.74, 6) is 0.0652. The van der Waals surface area contributed by atoms with Gasteiger partial charge in [0, 0.05) is 38.0 Å². The van der Waals surface area contributed by atoms with Gasteiger partial charge in [-0.05, 0) is 36.0 Å². The Kier molecular flexibility index (Phi) is 6.84. The van der Waals surface area contributed by atoms with Crippen LogP contribution < -0.4 is 15.5 Å². The summed E-state index contributed by atoms with van der Waals surface area (Å²) in [4.78, 5) is 28.6. The number of hydrogen-bond acceptors (Lipinski definition) is 5. The molecule has 2 N–H and O–H groups in total. The average Bonchev–Trinajstić information content (AvgIpc) is 2.91. The van der Waals surface area contributed by atoms with Gasteiger partial charge in [-0.15, -0.1) is 0 Å². The molecule has 6 heteroatoms. The molecule has 0 radical (unpaired) electrons. The van der Waals surface area contributed by atoms with E-state index in [0.717, 1.165) is 41.1 Å². The van der Waals surface area contributed by atoms with E-state index in [1.54, 1.807) is 7.11 Å². The molecule has 0 spiro atoms. The lowest BCUT2D eigenvalue weighted by Crippen LogP contribution is -2.42. The lowest BCUT2D eigenvalue weighted by Gasteiger charge is -2.37. The summed E-state index contributed by atoms with van der Waals surface area (Å²) in [6.45, 7) is 5.58. The van der Waals surface area contributed by atoms with Crippen molar-refractivity contribution in [3.8, 4) is 0 Å².